The van der Waals surface area contributed by atoms with Gasteiger partial charge in [-0.1, -0.05) is 42.5 Å². The molecular weight excluding hydrogens is 330 g/mol. The molecule has 0 spiro atoms. The number of hydrogen-bond acceptors (Lipinski definition) is 5. The van der Waals surface area contributed by atoms with E-state index in [0.29, 0.717) is 16.9 Å². The quantitative estimate of drug-likeness (QED) is 0.492. The monoisotopic (exact) mass is 349 g/mol. The van der Waals surface area contributed by atoms with Gasteiger partial charge in [0.2, 0.25) is 6.29 Å². The second-order valence-corrected chi connectivity index (χ2v) is 5.53. The van der Waals surface area contributed by atoms with Crippen LogP contribution in [0.4, 0.5) is 0 Å². The predicted octanol–water partition coefficient (Wildman–Crippen LogP) is 4.26. The maximum atomic E-state index is 11.9. The molecule has 26 heavy (non-hydrogen) atoms. The zero-order valence-electron chi connectivity index (χ0n) is 14.6. The SMILES string of the molecule is COC(=O)c1cnccc1C(OC)Oc1ccc(-c2ccccc2)cc1. The number of esters is 1. The molecule has 1 aromatic heterocycles. The van der Waals surface area contributed by atoms with Gasteiger partial charge in [-0.15, -0.1) is 0 Å². The number of carbonyl (C=O) groups is 1. The van der Waals surface area contributed by atoms with Crippen LogP contribution >= 0.6 is 0 Å². The van der Waals surface area contributed by atoms with E-state index in [0.717, 1.165) is 11.1 Å². The van der Waals surface area contributed by atoms with E-state index in [-0.39, 0.29) is 0 Å². The minimum atomic E-state index is -0.755. The van der Waals surface area contributed by atoms with Gasteiger partial charge in [0.15, 0.2) is 0 Å². The molecule has 0 aliphatic heterocycles. The topological polar surface area (TPSA) is 57.7 Å². The summed E-state index contributed by atoms with van der Waals surface area (Å²) in [6.07, 6.45) is 2.26. The molecule has 5 nitrogen and oxygen atoms in total. The summed E-state index contributed by atoms with van der Waals surface area (Å²) in [6.45, 7) is 0. The average molecular weight is 349 g/mol. The standard InChI is InChI=1S/C21H19NO4/c1-24-20(23)19-14-22-13-12-18(19)21(25-2)26-17-10-8-16(9-11-17)15-6-4-3-5-7-15/h3-14,21H,1-2H3. The molecule has 1 atom stereocenters. The molecule has 2 aromatic carbocycles. The van der Waals surface area contributed by atoms with Crippen molar-refractivity contribution in [3.8, 4) is 16.9 Å². The van der Waals surface area contributed by atoms with Gasteiger partial charge in [0.25, 0.3) is 0 Å². The Hall–Kier alpha value is -3.18. The van der Waals surface area contributed by atoms with Crippen molar-refractivity contribution in [2.24, 2.45) is 0 Å². The van der Waals surface area contributed by atoms with Crippen LogP contribution in [0.15, 0.2) is 73.1 Å². The van der Waals surface area contributed by atoms with Gasteiger partial charge in [0, 0.05) is 25.1 Å². The van der Waals surface area contributed by atoms with Gasteiger partial charge in [0.05, 0.1) is 12.7 Å². The Balaban J connectivity index is 1.82. The van der Waals surface area contributed by atoms with Crippen molar-refractivity contribution in [2.75, 3.05) is 14.2 Å². The summed E-state index contributed by atoms with van der Waals surface area (Å²) < 4.78 is 16.1. The van der Waals surface area contributed by atoms with Gasteiger partial charge in [-0.3, -0.25) is 4.98 Å². The maximum absolute atomic E-state index is 11.9. The molecule has 132 valence electrons. The Bertz CT molecular complexity index is 863. The van der Waals surface area contributed by atoms with Crippen molar-refractivity contribution < 1.29 is 19.0 Å². The van der Waals surface area contributed by atoms with E-state index in [9.17, 15) is 4.79 Å². The molecule has 0 amide bonds. The number of ether oxygens (including phenoxy) is 3. The number of benzene rings is 2. The Morgan fingerprint density at radius 1 is 0.923 bits per heavy atom. The summed E-state index contributed by atoms with van der Waals surface area (Å²) in [7, 11) is 2.84. The first-order chi connectivity index (χ1) is 12.7. The molecule has 3 aromatic rings. The van der Waals surface area contributed by atoms with Crippen molar-refractivity contribution in [3.05, 3.63) is 84.2 Å². The second kappa shape index (κ2) is 8.27. The van der Waals surface area contributed by atoms with Crippen molar-refractivity contribution in [2.45, 2.75) is 6.29 Å². The first-order valence-electron chi connectivity index (χ1n) is 8.10. The Morgan fingerprint density at radius 2 is 1.62 bits per heavy atom. The van der Waals surface area contributed by atoms with Crippen LogP contribution in [0.3, 0.4) is 0 Å². The van der Waals surface area contributed by atoms with Gasteiger partial charge in [0.1, 0.15) is 5.75 Å². The summed E-state index contributed by atoms with van der Waals surface area (Å²) >= 11 is 0. The fraction of sp³-hybridized carbons (Fsp3) is 0.143. The maximum Gasteiger partial charge on any atom is 0.339 e. The number of nitrogens with zero attached hydrogens (tertiary/aromatic N) is 1. The Kier molecular flexibility index (Phi) is 5.61. The highest BCUT2D eigenvalue weighted by Gasteiger charge is 2.21. The lowest BCUT2D eigenvalue weighted by molar-refractivity contribution is -0.0569. The average Bonchev–Trinajstić information content (AvgIpc) is 2.72. The predicted molar refractivity (Wildman–Crippen MR) is 97.8 cm³/mol. The number of aromatic nitrogens is 1. The molecule has 0 saturated carbocycles. The van der Waals surface area contributed by atoms with Crippen LogP contribution < -0.4 is 4.74 Å². The molecule has 1 heterocycles. The molecule has 0 saturated heterocycles. The molecule has 0 bridgehead atoms. The van der Waals surface area contributed by atoms with Crippen LogP contribution in [0.25, 0.3) is 11.1 Å². The fourth-order valence-electron chi connectivity index (χ4n) is 2.61. The summed E-state index contributed by atoms with van der Waals surface area (Å²) in [5.41, 5.74) is 3.08. The van der Waals surface area contributed by atoms with Crippen LogP contribution in [0.2, 0.25) is 0 Å². The summed E-state index contributed by atoms with van der Waals surface area (Å²) in [4.78, 5) is 15.9. The third-order valence-corrected chi connectivity index (χ3v) is 3.93. The second-order valence-electron chi connectivity index (χ2n) is 5.53. The lowest BCUT2D eigenvalue weighted by Gasteiger charge is -2.19. The van der Waals surface area contributed by atoms with E-state index < -0.39 is 12.3 Å². The molecule has 0 aliphatic carbocycles. The van der Waals surface area contributed by atoms with Crippen molar-refractivity contribution in [1.82, 2.24) is 4.98 Å². The van der Waals surface area contributed by atoms with Crippen LogP contribution in [0.1, 0.15) is 22.2 Å². The molecule has 0 aliphatic rings. The Labute approximate surface area is 152 Å². The summed E-state index contributed by atoms with van der Waals surface area (Å²) in [5, 5.41) is 0. The number of carbonyl (C=O) groups excluding carboxylic acids is 1. The van der Waals surface area contributed by atoms with Crippen LogP contribution in [-0.2, 0) is 9.47 Å². The Morgan fingerprint density at radius 3 is 2.27 bits per heavy atom. The largest absolute Gasteiger partial charge is 0.465 e. The van der Waals surface area contributed by atoms with Crippen molar-refractivity contribution in [1.29, 1.82) is 0 Å². The van der Waals surface area contributed by atoms with E-state index in [2.05, 4.69) is 4.98 Å². The highest BCUT2D eigenvalue weighted by atomic mass is 16.7. The third-order valence-electron chi connectivity index (χ3n) is 3.93. The molecule has 1 unspecified atom stereocenters. The van der Waals surface area contributed by atoms with Crippen LogP contribution in [0.5, 0.6) is 5.75 Å². The van der Waals surface area contributed by atoms with E-state index in [1.54, 1.807) is 12.3 Å². The zero-order valence-corrected chi connectivity index (χ0v) is 14.6. The lowest BCUT2D eigenvalue weighted by atomic mass is 10.1. The fourth-order valence-corrected chi connectivity index (χ4v) is 2.61. The number of methoxy groups -OCH3 is 2. The number of hydrogen-bond donors (Lipinski definition) is 0. The third kappa shape index (κ3) is 3.90. The van der Waals surface area contributed by atoms with Gasteiger partial charge in [-0.25, -0.2) is 4.79 Å². The van der Waals surface area contributed by atoms with Gasteiger partial charge >= 0.3 is 5.97 Å². The molecule has 0 N–H and O–H groups in total. The van der Waals surface area contributed by atoms with Gasteiger partial charge < -0.3 is 14.2 Å². The summed E-state index contributed by atoms with van der Waals surface area (Å²) in [6, 6.07) is 19.4. The van der Waals surface area contributed by atoms with Gasteiger partial charge in [-0.05, 0) is 29.3 Å². The van der Waals surface area contributed by atoms with E-state index >= 15 is 0 Å². The van der Waals surface area contributed by atoms with Gasteiger partial charge in [-0.2, -0.15) is 0 Å². The van der Waals surface area contributed by atoms with Crippen LogP contribution in [-0.4, -0.2) is 25.2 Å². The number of rotatable bonds is 6. The minimum Gasteiger partial charge on any atom is -0.465 e. The molecule has 3 rings (SSSR count). The minimum absolute atomic E-state index is 0.308. The van der Waals surface area contributed by atoms with E-state index in [1.165, 1.54) is 20.4 Å². The molecule has 5 heteroatoms. The number of pyridine rings is 1. The lowest BCUT2D eigenvalue weighted by Crippen LogP contribution is -2.15. The van der Waals surface area contributed by atoms with E-state index in [4.69, 9.17) is 14.2 Å². The molecular formula is C21H19NO4. The highest BCUT2D eigenvalue weighted by molar-refractivity contribution is 5.90. The first kappa shape index (κ1) is 17.6. The molecule has 0 fully saturated rings. The zero-order chi connectivity index (χ0) is 18.4. The highest BCUT2D eigenvalue weighted by Crippen LogP contribution is 2.27. The van der Waals surface area contributed by atoms with Crippen LogP contribution in [0, 0.1) is 0 Å². The molecule has 0 radical (unpaired) electrons. The van der Waals surface area contributed by atoms with Crippen molar-refractivity contribution >= 4 is 5.97 Å². The first-order valence-corrected chi connectivity index (χ1v) is 8.10. The smallest absolute Gasteiger partial charge is 0.339 e. The normalized spacial score (nSPS) is 11.6. The van der Waals surface area contributed by atoms with Crippen molar-refractivity contribution in [3.63, 3.8) is 0 Å². The summed E-state index contributed by atoms with van der Waals surface area (Å²) in [5.74, 6) is 0.141. The van der Waals surface area contributed by atoms with E-state index in [1.807, 2.05) is 54.6 Å².